The van der Waals surface area contributed by atoms with Gasteiger partial charge in [-0.05, 0) is 49.9 Å². The van der Waals surface area contributed by atoms with Gasteiger partial charge in [0, 0.05) is 36.4 Å². The molecule has 1 aliphatic heterocycles. The highest BCUT2D eigenvalue weighted by molar-refractivity contribution is 7.09. The fourth-order valence-electron chi connectivity index (χ4n) is 5.81. The molecule has 19 heteroatoms. The topological polar surface area (TPSA) is 246 Å². The maximum Gasteiger partial charge on any atom is 0.416 e. The van der Waals surface area contributed by atoms with Crippen LogP contribution in [0.3, 0.4) is 0 Å². The van der Waals surface area contributed by atoms with Crippen molar-refractivity contribution in [1.29, 1.82) is 5.26 Å². The van der Waals surface area contributed by atoms with E-state index in [-0.39, 0.29) is 40.8 Å². The van der Waals surface area contributed by atoms with Crippen LogP contribution >= 0.6 is 11.3 Å². The van der Waals surface area contributed by atoms with Crippen molar-refractivity contribution < 1.29 is 57.9 Å². The maximum atomic E-state index is 13.2. The number of carbonyl (C=O) groups excluding carboxylic acids is 1. The lowest BCUT2D eigenvalue weighted by Gasteiger charge is -2.48. The SMILES string of the molecule is N#Cc1cc(NCC(=O)NC2CN(C3CCC(O)(c4cncs4)CC3)C2)c2cc(C(F)(F)F)ccc2n1.O=C(O)CC(O)(CC(=O)O)C(=O)O. The molecule has 2 fully saturated rings. The zero-order valence-corrected chi connectivity index (χ0v) is 27.0. The molecule has 0 unspecified atom stereocenters. The minimum atomic E-state index is -4.52. The van der Waals surface area contributed by atoms with E-state index in [1.54, 1.807) is 11.7 Å². The average Bonchev–Trinajstić information content (AvgIpc) is 3.57. The molecule has 3 heterocycles. The van der Waals surface area contributed by atoms with E-state index >= 15 is 0 Å². The molecule has 15 nitrogen and oxygen atoms in total. The van der Waals surface area contributed by atoms with Crippen molar-refractivity contribution in [3.63, 3.8) is 0 Å². The number of thiazole rings is 1. The highest BCUT2D eigenvalue weighted by atomic mass is 32.1. The fraction of sp³-hybridized carbons (Fsp3) is 0.452. The number of nitrogens with zero attached hydrogens (tertiary/aromatic N) is 4. The molecule has 268 valence electrons. The standard InChI is InChI=1S/C25H25F3N6O2S.C6H8O7/c26-25(27,28)15-1-2-20-19(7-15)21(8-16(9-29)32-20)31-11-23(35)33-17-12-34(13-17)18-3-5-24(36,6-4-18)22-10-30-14-37-22;7-3(8)1-6(13,5(11)12)2-4(9)10/h1-2,7-8,10,14,17-18,36H,3-6,11-13H2,(H,31,32)(H,33,35);13H,1-2H2,(H,7,8)(H,9,10)(H,11,12). The quantitative estimate of drug-likeness (QED) is 0.150. The second kappa shape index (κ2) is 15.3. The van der Waals surface area contributed by atoms with E-state index in [2.05, 4.69) is 25.5 Å². The molecule has 0 bridgehead atoms. The largest absolute Gasteiger partial charge is 0.481 e. The van der Waals surface area contributed by atoms with Crippen LogP contribution in [0.4, 0.5) is 18.9 Å². The molecule has 1 aromatic carbocycles. The number of aromatic nitrogens is 2. The number of benzene rings is 1. The number of pyridine rings is 1. The Kier molecular flexibility index (Phi) is 11.6. The minimum Gasteiger partial charge on any atom is -0.481 e. The zero-order valence-electron chi connectivity index (χ0n) is 26.2. The lowest BCUT2D eigenvalue weighted by Crippen LogP contribution is -2.63. The molecule has 3 aromatic rings. The third-order valence-electron chi connectivity index (χ3n) is 8.44. The van der Waals surface area contributed by atoms with Crippen molar-refractivity contribution in [3.05, 3.63) is 52.1 Å². The number of aliphatic hydroxyl groups is 2. The molecule has 0 atom stereocenters. The highest BCUT2D eigenvalue weighted by Gasteiger charge is 2.42. The molecule has 1 aliphatic carbocycles. The van der Waals surface area contributed by atoms with Crippen LogP contribution in [0.1, 0.15) is 54.7 Å². The van der Waals surface area contributed by atoms with Gasteiger partial charge in [-0.15, -0.1) is 11.3 Å². The molecule has 2 aromatic heterocycles. The molecule has 1 amide bonds. The molecular weight excluding hydrogens is 689 g/mol. The molecule has 1 saturated heterocycles. The number of carboxylic acid groups (broad SMARTS) is 3. The number of carbonyl (C=O) groups is 4. The van der Waals surface area contributed by atoms with Gasteiger partial charge < -0.3 is 36.2 Å². The van der Waals surface area contributed by atoms with Gasteiger partial charge >= 0.3 is 24.1 Å². The van der Waals surface area contributed by atoms with Crippen LogP contribution in [0.2, 0.25) is 0 Å². The second-order valence-electron chi connectivity index (χ2n) is 12.1. The van der Waals surface area contributed by atoms with Gasteiger partial charge in [0.15, 0.2) is 5.60 Å². The normalized spacial score (nSPS) is 19.7. The van der Waals surface area contributed by atoms with Crippen molar-refractivity contribution in [2.24, 2.45) is 0 Å². The number of rotatable bonds is 11. The first kappa shape index (κ1) is 37.9. The summed E-state index contributed by atoms with van der Waals surface area (Å²) >= 11 is 1.47. The molecular formula is C31H33F3N6O9S. The van der Waals surface area contributed by atoms with E-state index in [1.165, 1.54) is 23.5 Å². The van der Waals surface area contributed by atoms with Crippen molar-refractivity contribution in [1.82, 2.24) is 20.2 Å². The van der Waals surface area contributed by atoms with E-state index in [0.29, 0.717) is 32.0 Å². The first-order valence-electron chi connectivity index (χ1n) is 15.1. The number of halogens is 3. The summed E-state index contributed by atoms with van der Waals surface area (Å²) in [5.74, 6) is -5.31. The molecule has 0 radical (unpaired) electrons. The van der Waals surface area contributed by atoms with E-state index in [9.17, 15) is 42.7 Å². The van der Waals surface area contributed by atoms with Crippen LogP contribution < -0.4 is 10.6 Å². The van der Waals surface area contributed by atoms with E-state index in [0.717, 1.165) is 29.9 Å². The predicted octanol–water partition coefficient (Wildman–Crippen LogP) is 2.38. The number of hydrogen-bond acceptors (Lipinski definition) is 12. The predicted molar refractivity (Wildman–Crippen MR) is 169 cm³/mol. The molecule has 5 rings (SSSR count). The number of aliphatic carboxylic acids is 3. The summed E-state index contributed by atoms with van der Waals surface area (Å²) in [5.41, 5.74) is -2.12. The lowest BCUT2D eigenvalue weighted by molar-refractivity contribution is -0.170. The molecule has 7 N–H and O–H groups in total. The Labute approximate surface area is 286 Å². The summed E-state index contributed by atoms with van der Waals surface area (Å²) in [4.78, 5) is 54.4. The van der Waals surface area contributed by atoms with Crippen LogP contribution in [0.15, 0.2) is 36.0 Å². The van der Waals surface area contributed by atoms with Gasteiger partial charge in [-0.2, -0.15) is 18.4 Å². The summed E-state index contributed by atoms with van der Waals surface area (Å²) in [6, 6.07) is 6.68. The van der Waals surface area contributed by atoms with Crippen molar-refractivity contribution in [2.45, 2.75) is 68.0 Å². The summed E-state index contributed by atoms with van der Waals surface area (Å²) in [6.45, 7) is 1.27. The smallest absolute Gasteiger partial charge is 0.416 e. The molecule has 0 spiro atoms. The number of carboxylic acids is 3. The van der Waals surface area contributed by atoms with Crippen LogP contribution in [0, 0.1) is 11.3 Å². The molecule has 2 aliphatic rings. The Hall–Kier alpha value is -4.90. The third kappa shape index (κ3) is 9.41. The number of anilines is 1. The Morgan fingerprint density at radius 2 is 1.70 bits per heavy atom. The second-order valence-corrected chi connectivity index (χ2v) is 13.0. The van der Waals surface area contributed by atoms with E-state index in [1.807, 2.05) is 6.07 Å². The Morgan fingerprint density at radius 1 is 1.06 bits per heavy atom. The van der Waals surface area contributed by atoms with Gasteiger partial charge in [-0.1, -0.05) is 0 Å². The van der Waals surface area contributed by atoms with E-state index in [4.69, 9.17) is 20.4 Å². The number of amides is 1. The summed E-state index contributed by atoms with van der Waals surface area (Å²) in [7, 11) is 0. The Morgan fingerprint density at radius 3 is 2.22 bits per heavy atom. The van der Waals surface area contributed by atoms with Gasteiger partial charge in [0.2, 0.25) is 5.91 Å². The Balaban J connectivity index is 0.000000369. The zero-order chi connectivity index (χ0) is 36.9. The monoisotopic (exact) mass is 722 g/mol. The van der Waals surface area contributed by atoms with Crippen LogP contribution in [0.25, 0.3) is 10.9 Å². The third-order valence-corrected chi connectivity index (χ3v) is 9.41. The fourth-order valence-corrected chi connectivity index (χ4v) is 6.59. The van der Waals surface area contributed by atoms with Crippen molar-refractivity contribution in [3.8, 4) is 6.07 Å². The number of fused-ring (bicyclic) bond motifs is 1. The van der Waals surface area contributed by atoms with Gasteiger partial charge in [0.1, 0.15) is 17.4 Å². The van der Waals surface area contributed by atoms with Gasteiger partial charge in [0.25, 0.3) is 0 Å². The summed E-state index contributed by atoms with van der Waals surface area (Å²) < 4.78 is 39.6. The van der Waals surface area contributed by atoms with Crippen LogP contribution in [0.5, 0.6) is 0 Å². The number of alkyl halides is 3. The molecule has 50 heavy (non-hydrogen) atoms. The van der Waals surface area contributed by atoms with E-state index < -0.39 is 53.7 Å². The number of hydrogen-bond donors (Lipinski definition) is 7. The summed E-state index contributed by atoms with van der Waals surface area (Å²) in [6.07, 6.45) is -1.98. The first-order valence-corrected chi connectivity index (χ1v) is 16.0. The van der Waals surface area contributed by atoms with Crippen LogP contribution in [-0.4, -0.2) is 102 Å². The first-order chi connectivity index (χ1) is 23.4. The van der Waals surface area contributed by atoms with Crippen molar-refractivity contribution >= 4 is 51.7 Å². The van der Waals surface area contributed by atoms with Gasteiger partial charge in [-0.25, -0.2) is 9.78 Å². The number of nitriles is 1. The lowest BCUT2D eigenvalue weighted by atomic mass is 9.80. The Bertz CT molecular complexity index is 1750. The van der Waals surface area contributed by atoms with Crippen LogP contribution in [-0.2, 0) is 31.0 Å². The van der Waals surface area contributed by atoms with Gasteiger partial charge in [0.05, 0.1) is 46.9 Å². The number of likely N-dealkylation sites (tertiary alicyclic amines) is 1. The number of nitrogens with one attached hydrogen (secondary N) is 2. The van der Waals surface area contributed by atoms with Crippen molar-refractivity contribution in [2.75, 3.05) is 25.0 Å². The van der Waals surface area contributed by atoms with Gasteiger partial charge in [-0.3, -0.25) is 24.3 Å². The summed E-state index contributed by atoms with van der Waals surface area (Å²) in [5, 5.41) is 60.0. The average molecular weight is 723 g/mol. The molecule has 1 saturated carbocycles. The maximum absolute atomic E-state index is 13.2. The minimum absolute atomic E-state index is 0.0164. The highest BCUT2D eigenvalue weighted by Crippen LogP contribution is 2.41.